The minimum atomic E-state index is -0.344. The molecule has 4 aromatic rings. The van der Waals surface area contributed by atoms with Crippen molar-refractivity contribution in [2.45, 2.75) is 32.9 Å². The predicted octanol–water partition coefficient (Wildman–Crippen LogP) is 4.85. The number of benzene rings is 2. The molecule has 1 aliphatic heterocycles. The van der Waals surface area contributed by atoms with Gasteiger partial charge in [-0.05, 0) is 57.6 Å². The van der Waals surface area contributed by atoms with Gasteiger partial charge in [0.05, 0.1) is 17.6 Å². The second-order valence-electron chi connectivity index (χ2n) is 9.14. The van der Waals surface area contributed by atoms with Crippen LogP contribution in [0.2, 0.25) is 0 Å². The lowest BCUT2D eigenvalue weighted by Gasteiger charge is -2.43. The van der Waals surface area contributed by atoms with Crippen molar-refractivity contribution in [2.75, 3.05) is 30.4 Å². The van der Waals surface area contributed by atoms with Crippen LogP contribution in [-0.2, 0) is 0 Å². The Labute approximate surface area is 197 Å². The predicted molar refractivity (Wildman–Crippen MR) is 131 cm³/mol. The molecule has 1 aliphatic rings. The van der Waals surface area contributed by atoms with Gasteiger partial charge in [-0.3, -0.25) is 9.69 Å². The van der Waals surface area contributed by atoms with E-state index in [0.717, 1.165) is 11.3 Å². The quantitative estimate of drug-likeness (QED) is 0.471. The smallest absolute Gasteiger partial charge is 0.259 e. The number of hydrogen-bond acceptors (Lipinski definition) is 5. The molecule has 0 aliphatic carbocycles. The van der Waals surface area contributed by atoms with Crippen LogP contribution in [0, 0.1) is 12.7 Å². The molecule has 1 saturated heterocycles. The van der Waals surface area contributed by atoms with E-state index in [4.69, 9.17) is 4.42 Å². The number of likely N-dealkylation sites (N-methyl/N-ethyl adjacent to an activating group) is 1. The van der Waals surface area contributed by atoms with Gasteiger partial charge in [-0.2, -0.15) is 0 Å². The third kappa shape index (κ3) is 3.94. The van der Waals surface area contributed by atoms with Gasteiger partial charge >= 0.3 is 0 Å². The molecule has 0 bridgehead atoms. The number of anilines is 2. The molecule has 0 spiro atoms. The molecule has 2 aromatic carbocycles. The molecule has 1 amide bonds. The summed E-state index contributed by atoms with van der Waals surface area (Å²) in [5.74, 6) is -0.644. The molecule has 176 valence electrons. The van der Waals surface area contributed by atoms with Gasteiger partial charge in [-0.1, -0.05) is 0 Å². The van der Waals surface area contributed by atoms with Gasteiger partial charge < -0.3 is 19.2 Å². The molecule has 0 radical (unpaired) electrons. The lowest BCUT2D eigenvalue weighted by molar-refractivity contribution is 0.102. The third-order valence-corrected chi connectivity index (χ3v) is 6.83. The Balaban J connectivity index is 1.42. The van der Waals surface area contributed by atoms with Crippen molar-refractivity contribution < 1.29 is 13.6 Å². The van der Waals surface area contributed by atoms with E-state index in [1.54, 1.807) is 18.6 Å². The van der Waals surface area contributed by atoms with Gasteiger partial charge in [-0.25, -0.2) is 9.37 Å². The molecular weight excluding hydrogens is 433 g/mol. The Hall–Kier alpha value is -3.65. The van der Waals surface area contributed by atoms with Gasteiger partial charge in [0.25, 0.3) is 5.91 Å². The standard InChI is InChI=1S/C26H28FN5O2/c1-16-9-19(5-6-23(16)31-8-7-28-15-31)29-26(33)21-14-34-25-11-22(27)24(10-20(21)25)32-12-17(2)30(4)18(3)13-32/h5-11,14-15,17-18H,12-13H2,1-4H3,(H,29,33). The van der Waals surface area contributed by atoms with Crippen LogP contribution in [0.15, 0.2) is 59.7 Å². The normalized spacial score (nSPS) is 19.0. The van der Waals surface area contributed by atoms with Crippen LogP contribution >= 0.6 is 0 Å². The zero-order valence-electron chi connectivity index (χ0n) is 19.7. The summed E-state index contributed by atoms with van der Waals surface area (Å²) in [4.78, 5) is 21.6. The first-order chi connectivity index (χ1) is 16.3. The molecule has 2 unspecified atom stereocenters. The highest BCUT2D eigenvalue weighted by atomic mass is 19.1. The maximum absolute atomic E-state index is 15.0. The number of carbonyl (C=O) groups excluding carboxylic acids is 1. The summed E-state index contributed by atoms with van der Waals surface area (Å²) < 4.78 is 22.5. The molecule has 1 fully saturated rings. The van der Waals surface area contributed by atoms with Crippen LogP contribution < -0.4 is 10.2 Å². The van der Waals surface area contributed by atoms with Crippen molar-refractivity contribution in [3.8, 4) is 5.69 Å². The Morgan fingerprint density at radius 3 is 2.59 bits per heavy atom. The number of aryl methyl sites for hydroxylation is 1. The highest BCUT2D eigenvalue weighted by molar-refractivity contribution is 6.12. The number of imidazole rings is 1. The Kier molecular flexibility index (Phi) is 5.61. The van der Waals surface area contributed by atoms with Crippen LogP contribution in [0.5, 0.6) is 0 Å². The lowest BCUT2D eigenvalue weighted by atomic mass is 10.1. The van der Waals surface area contributed by atoms with Gasteiger partial charge in [0.2, 0.25) is 0 Å². The molecule has 34 heavy (non-hydrogen) atoms. The highest BCUT2D eigenvalue weighted by Gasteiger charge is 2.29. The first kappa shape index (κ1) is 22.2. The van der Waals surface area contributed by atoms with E-state index >= 15 is 0 Å². The van der Waals surface area contributed by atoms with Crippen molar-refractivity contribution in [3.63, 3.8) is 0 Å². The van der Waals surface area contributed by atoms with Crippen LogP contribution in [-0.4, -0.2) is 52.6 Å². The van der Waals surface area contributed by atoms with Crippen molar-refractivity contribution in [1.82, 2.24) is 14.5 Å². The fourth-order valence-electron chi connectivity index (χ4n) is 4.68. The number of furan rings is 1. The summed E-state index contributed by atoms with van der Waals surface area (Å²) in [6.45, 7) is 7.67. The van der Waals surface area contributed by atoms with Gasteiger partial charge in [0.15, 0.2) is 0 Å². The Morgan fingerprint density at radius 1 is 1.15 bits per heavy atom. The number of halogens is 1. The number of carbonyl (C=O) groups is 1. The molecule has 1 N–H and O–H groups in total. The molecule has 2 aromatic heterocycles. The number of nitrogens with zero attached hydrogens (tertiary/aromatic N) is 4. The molecule has 0 saturated carbocycles. The number of fused-ring (bicyclic) bond motifs is 1. The van der Waals surface area contributed by atoms with E-state index in [9.17, 15) is 9.18 Å². The summed E-state index contributed by atoms with van der Waals surface area (Å²) in [7, 11) is 2.09. The maximum atomic E-state index is 15.0. The fourth-order valence-corrected chi connectivity index (χ4v) is 4.68. The van der Waals surface area contributed by atoms with E-state index in [0.29, 0.717) is 53.1 Å². The molecule has 2 atom stereocenters. The molecule has 3 heterocycles. The second-order valence-corrected chi connectivity index (χ2v) is 9.14. The lowest BCUT2D eigenvalue weighted by Crippen LogP contribution is -2.55. The minimum absolute atomic E-state index is 0.291. The molecule has 5 rings (SSSR count). The zero-order valence-corrected chi connectivity index (χ0v) is 19.7. The van der Waals surface area contributed by atoms with Crippen LogP contribution in [0.3, 0.4) is 0 Å². The van der Waals surface area contributed by atoms with Crippen molar-refractivity contribution in [3.05, 3.63) is 72.3 Å². The van der Waals surface area contributed by atoms with Crippen LogP contribution in [0.1, 0.15) is 29.8 Å². The monoisotopic (exact) mass is 461 g/mol. The number of piperazine rings is 1. The van der Waals surface area contributed by atoms with Gasteiger partial charge in [-0.15, -0.1) is 0 Å². The summed E-state index contributed by atoms with van der Waals surface area (Å²) >= 11 is 0. The average Bonchev–Trinajstić information content (AvgIpc) is 3.46. The number of amides is 1. The summed E-state index contributed by atoms with van der Waals surface area (Å²) in [5.41, 5.74) is 3.88. The van der Waals surface area contributed by atoms with E-state index in [2.05, 4.69) is 41.0 Å². The number of aromatic nitrogens is 2. The van der Waals surface area contributed by atoms with Crippen molar-refractivity contribution >= 4 is 28.3 Å². The fraction of sp³-hybridized carbons (Fsp3) is 0.308. The topological polar surface area (TPSA) is 66.5 Å². The summed E-state index contributed by atoms with van der Waals surface area (Å²) in [5, 5.41) is 3.54. The second kappa shape index (κ2) is 8.61. The average molecular weight is 462 g/mol. The van der Waals surface area contributed by atoms with Gasteiger partial charge in [0, 0.05) is 60.4 Å². The highest BCUT2D eigenvalue weighted by Crippen LogP contribution is 2.32. The molecular formula is C26H28FN5O2. The SMILES string of the molecule is Cc1cc(NC(=O)c2coc3cc(F)c(N4CC(C)N(C)C(C)C4)cc23)ccc1-n1ccnc1. The van der Waals surface area contributed by atoms with Crippen molar-refractivity contribution in [1.29, 1.82) is 0 Å². The van der Waals surface area contributed by atoms with E-state index < -0.39 is 0 Å². The summed E-state index contributed by atoms with van der Waals surface area (Å²) in [6.07, 6.45) is 6.72. The summed E-state index contributed by atoms with van der Waals surface area (Å²) in [6, 6.07) is 9.39. The zero-order chi connectivity index (χ0) is 24.0. The third-order valence-electron chi connectivity index (χ3n) is 6.83. The largest absolute Gasteiger partial charge is 0.463 e. The Morgan fingerprint density at radius 2 is 1.91 bits per heavy atom. The van der Waals surface area contributed by atoms with Crippen LogP contribution in [0.25, 0.3) is 16.7 Å². The van der Waals surface area contributed by atoms with E-state index in [1.165, 1.54) is 12.3 Å². The molecule has 8 heteroatoms. The first-order valence-corrected chi connectivity index (χ1v) is 11.4. The van der Waals surface area contributed by atoms with Crippen LogP contribution in [0.4, 0.5) is 15.8 Å². The Bertz CT molecular complexity index is 1330. The van der Waals surface area contributed by atoms with E-state index in [1.807, 2.05) is 35.9 Å². The minimum Gasteiger partial charge on any atom is -0.463 e. The number of rotatable bonds is 4. The van der Waals surface area contributed by atoms with E-state index in [-0.39, 0.29) is 11.7 Å². The van der Waals surface area contributed by atoms with Gasteiger partial charge in [0.1, 0.15) is 17.7 Å². The maximum Gasteiger partial charge on any atom is 0.259 e. The van der Waals surface area contributed by atoms with Crippen molar-refractivity contribution in [2.24, 2.45) is 0 Å². The number of nitrogens with one attached hydrogen (secondary N) is 1. The first-order valence-electron chi connectivity index (χ1n) is 11.4. The number of hydrogen-bond donors (Lipinski definition) is 1. The molecule has 7 nitrogen and oxygen atoms in total.